The summed E-state index contributed by atoms with van der Waals surface area (Å²) in [6, 6.07) is 2.18. The average Bonchev–Trinajstić information content (AvgIpc) is 1.99. The molecule has 0 atom stereocenters. The first-order valence-corrected chi connectivity index (χ1v) is 3.41. The number of phenols is 2. The van der Waals surface area contributed by atoms with Crippen LogP contribution in [0.25, 0.3) is 0 Å². The van der Waals surface area contributed by atoms with Crippen molar-refractivity contribution in [3.8, 4) is 11.5 Å². The highest BCUT2D eigenvalue weighted by atomic mass is 35.5. The van der Waals surface area contributed by atoms with Gasteiger partial charge in [0, 0.05) is 5.56 Å². The molecule has 64 valence electrons. The van der Waals surface area contributed by atoms with Crippen molar-refractivity contribution < 1.29 is 15.0 Å². The van der Waals surface area contributed by atoms with Crippen molar-refractivity contribution in [2.24, 2.45) is 5.73 Å². The Labute approximate surface area is 73.2 Å². The maximum atomic E-state index is 10.6. The van der Waals surface area contributed by atoms with E-state index in [4.69, 9.17) is 27.5 Å². The number of nitrogens with two attached hydrogens (primary N) is 1. The van der Waals surface area contributed by atoms with Crippen LogP contribution in [-0.2, 0) is 0 Å². The first-order chi connectivity index (χ1) is 5.52. The zero-order valence-corrected chi connectivity index (χ0v) is 6.67. The van der Waals surface area contributed by atoms with Crippen LogP contribution in [-0.4, -0.2) is 16.1 Å². The van der Waals surface area contributed by atoms with Gasteiger partial charge >= 0.3 is 0 Å². The Balaban J connectivity index is 3.31. The number of primary amides is 1. The third kappa shape index (κ3) is 1.43. The molecule has 0 fully saturated rings. The van der Waals surface area contributed by atoms with Crippen LogP contribution in [0.4, 0.5) is 0 Å². The number of rotatable bonds is 1. The molecule has 0 aliphatic rings. The number of halogens is 1. The summed E-state index contributed by atoms with van der Waals surface area (Å²) in [5, 5.41) is 17.9. The van der Waals surface area contributed by atoms with E-state index in [2.05, 4.69) is 0 Å². The summed E-state index contributed by atoms with van der Waals surface area (Å²) < 4.78 is 0. The molecule has 0 aromatic heterocycles. The fourth-order valence-electron chi connectivity index (χ4n) is 0.736. The molecule has 0 saturated heterocycles. The summed E-state index contributed by atoms with van der Waals surface area (Å²) in [4.78, 5) is 10.6. The van der Waals surface area contributed by atoms with Crippen LogP contribution in [0.15, 0.2) is 12.1 Å². The molecular weight excluding hydrogens is 182 g/mol. The Hall–Kier alpha value is -1.42. The maximum absolute atomic E-state index is 10.6. The highest BCUT2D eigenvalue weighted by Crippen LogP contribution is 2.33. The van der Waals surface area contributed by atoms with Gasteiger partial charge in [-0.25, -0.2) is 0 Å². The molecule has 0 unspecified atom stereocenters. The van der Waals surface area contributed by atoms with Crippen molar-refractivity contribution in [1.82, 2.24) is 0 Å². The van der Waals surface area contributed by atoms with E-state index in [-0.39, 0.29) is 22.1 Å². The fraction of sp³-hybridized carbons (Fsp3) is 0. The van der Waals surface area contributed by atoms with Crippen LogP contribution in [0.1, 0.15) is 10.4 Å². The Morgan fingerprint density at radius 1 is 1.33 bits per heavy atom. The van der Waals surface area contributed by atoms with E-state index in [1.165, 1.54) is 0 Å². The number of carbonyl (C=O) groups is 1. The lowest BCUT2D eigenvalue weighted by atomic mass is 10.2. The predicted molar refractivity (Wildman–Crippen MR) is 43.3 cm³/mol. The smallest absolute Gasteiger partial charge is 0.248 e. The number of aromatic hydroxyl groups is 2. The highest BCUT2D eigenvalue weighted by molar-refractivity contribution is 6.33. The van der Waals surface area contributed by atoms with Gasteiger partial charge in [0.25, 0.3) is 0 Å². The minimum atomic E-state index is -0.739. The molecular formula is C7H6ClNO3. The second-order valence-electron chi connectivity index (χ2n) is 2.19. The average molecular weight is 188 g/mol. The standard InChI is InChI=1S/C7H6ClNO3/c8-6-4(10)1-3(7(9)12)2-5(6)11/h1-2,10-11H,(H2,9,12). The summed E-state index contributed by atoms with van der Waals surface area (Å²) in [6.07, 6.45) is 0. The normalized spacial score (nSPS) is 9.75. The second-order valence-corrected chi connectivity index (χ2v) is 2.57. The molecule has 1 rings (SSSR count). The summed E-state index contributed by atoms with van der Waals surface area (Å²) in [5.41, 5.74) is 4.91. The molecule has 0 radical (unpaired) electrons. The minimum Gasteiger partial charge on any atom is -0.506 e. The third-order valence-electron chi connectivity index (χ3n) is 1.32. The molecule has 0 heterocycles. The van der Waals surface area contributed by atoms with Gasteiger partial charge in [0.05, 0.1) is 0 Å². The summed E-state index contributed by atoms with van der Waals surface area (Å²) in [7, 11) is 0. The van der Waals surface area contributed by atoms with Gasteiger partial charge in [-0.1, -0.05) is 11.6 Å². The van der Waals surface area contributed by atoms with Crippen molar-refractivity contribution in [3.05, 3.63) is 22.7 Å². The van der Waals surface area contributed by atoms with Gasteiger partial charge in [-0.05, 0) is 12.1 Å². The van der Waals surface area contributed by atoms with Crippen molar-refractivity contribution in [1.29, 1.82) is 0 Å². The van der Waals surface area contributed by atoms with E-state index in [0.717, 1.165) is 12.1 Å². The fourth-order valence-corrected chi connectivity index (χ4v) is 0.846. The lowest BCUT2D eigenvalue weighted by Crippen LogP contribution is -2.10. The minimum absolute atomic E-state index is 0.00870. The van der Waals surface area contributed by atoms with E-state index in [1.54, 1.807) is 0 Å². The van der Waals surface area contributed by atoms with Gasteiger partial charge in [-0.3, -0.25) is 4.79 Å². The molecule has 5 heteroatoms. The van der Waals surface area contributed by atoms with Crippen LogP contribution >= 0.6 is 11.6 Å². The van der Waals surface area contributed by atoms with Gasteiger partial charge in [-0.15, -0.1) is 0 Å². The number of benzene rings is 1. The van der Waals surface area contributed by atoms with Gasteiger partial charge in [-0.2, -0.15) is 0 Å². The molecule has 1 amide bonds. The van der Waals surface area contributed by atoms with Crippen LogP contribution in [0, 0.1) is 0 Å². The molecule has 1 aromatic carbocycles. The van der Waals surface area contributed by atoms with Crippen molar-refractivity contribution in [2.75, 3.05) is 0 Å². The topological polar surface area (TPSA) is 83.6 Å². The molecule has 0 bridgehead atoms. The van der Waals surface area contributed by atoms with E-state index < -0.39 is 5.91 Å². The second kappa shape index (κ2) is 2.91. The molecule has 4 N–H and O–H groups in total. The number of hydrogen-bond acceptors (Lipinski definition) is 3. The first kappa shape index (κ1) is 8.67. The van der Waals surface area contributed by atoms with Crippen LogP contribution in [0.2, 0.25) is 5.02 Å². The predicted octanol–water partition coefficient (Wildman–Crippen LogP) is 0.850. The van der Waals surface area contributed by atoms with Crippen LogP contribution in [0.5, 0.6) is 11.5 Å². The monoisotopic (exact) mass is 187 g/mol. The molecule has 12 heavy (non-hydrogen) atoms. The third-order valence-corrected chi connectivity index (χ3v) is 1.71. The van der Waals surface area contributed by atoms with Gasteiger partial charge in [0.15, 0.2) is 0 Å². The molecule has 0 aliphatic heterocycles. The summed E-state index contributed by atoms with van der Waals surface area (Å²) in [5.74, 6) is -1.48. The highest BCUT2D eigenvalue weighted by Gasteiger charge is 2.09. The zero-order valence-electron chi connectivity index (χ0n) is 5.91. The van der Waals surface area contributed by atoms with E-state index in [9.17, 15) is 4.79 Å². The molecule has 1 aromatic rings. The van der Waals surface area contributed by atoms with E-state index in [1.807, 2.05) is 0 Å². The van der Waals surface area contributed by atoms with E-state index >= 15 is 0 Å². The molecule has 0 aliphatic carbocycles. The first-order valence-electron chi connectivity index (χ1n) is 3.03. The Bertz CT molecular complexity index is 314. The lowest BCUT2D eigenvalue weighted by Gasteiger charge is -2.01. The number of amides is 1. The van der Waals surface area contributed by atoms with Gasteiger partial charge in [0.2, 0.25) is 5.91 Å². The largest absolute Gasteiger partial charge is 0.506 e. The molecule has 0 spiro atoms. The van der Waals surface area contributed by atoms with Crippen LogP contribution in [0.3, 0.4) is 0 Å². The Kier molecular flexibility index (Phi) is 2.10. The van der Waals surface area contributed by atoms with Gasteiger partial charge < -0.3 is 15.9 Å². The van der Waals surface area contributed by atoms with Crippen molar-refractivity contribution in [3.63, 3.8) is 0 Å². The molecule has 4 nitrogen and oxygen atoms in total. The lowest BCUT2D eigenvalue weighted by molar-refractivity contribution is 0.0999. The number of hydrogen-bond donors (Lipinski definition) is 3. The van der Waals surface area contributed by atoms with Gasteiger partial charge in [0.1, 0.15) is 16.5 Å². The Morgan fingerprint density at radius 2 is 1.75 bits per heavy atom. The maximum Gasteiger partial charge on any atom is 0.248 e. The SMILES string of the molecule is NC(=O)c1cc(O)c(Cl)c(O)c1. The molecule has 0 saturated carbocycles. The van der Waals surface area contributed by atoms with Crippen molar-refractivity contribution in [2.45, 2.75) is 0 Å². The van der Waals surface area contributed by atoms with Crippen molar-refractivity contribution >= 4 is 17.5 Å². The quantitative estimate of drug-likeness (QED) is 0.610. The zero-order chi connectivity index (χ0) is 9.30. The van der Waals surface area contributed by atoms with E-state index in [0.29, 0.717) is 0 Å². The Morgan fingerprint density at radius 3 is 2.08 bits per heavy atom. The van der Waals surface area contributed by atoms with Crippen LogP contribution < -0.4 is 5.73 Å². The summed E-state index contributed by atoms with van der Waals surface area (Å²) in [6.45, 7) is 0. The summed E-state index contributed by atoms with van der Waals surface area (Å²) >= 11 is 5.40. The number of phenolic OH excluding ortho intramolecular Hbond substituents is 2. The number of carbonyl (C=O) groups excluding carboxylic acids is 1.